The SMILES string of the molecule is CC1CN(S(=O)(=O)c2cnc[nH]2)CCC1=O. The summed E-state index contributed by atoms with van der Waals surface area (Å²) in [6.45, 7) is 2.25. The van der Waals surface area contributed by atoms with E-state index in [9.17, 15) is 13.2 Å². The summed E-state index contributed by atoms with van der Waals surface area (Å²) in [6, 6.07) is 0. The Balaban J connectivity index is 2.23. The van der Waals surface area contributed by atoms with Crippen LogP contribution in [0.2, 0.25) is 0 Å². The van der Waals surface area contributed by atoms with Crippen LogP contribution in [0.3, 0.4) is 0 Å². The molecular weight excluding hydrogens is 230 g/mol. The van der Waals surface area contributed by atoms with Crippen LogP contribution in [0.1, 0.15) is 13.3 Å². The number of aromatic amines is 1. The Morgan fingerprint density at radius 2 is 2.31 bits per heavy atom. The highest BCUT2D eigenvalue weighted by molar-refractivity contribution is 7.89. The van der Waals surface area contributed by atoms with E-state index in [1.165, 1.54) is 16.8 Å². The highest BCUT2D eigenvalue weighted by Gasteiger charge is 2.32. The molecule has 88 valence electrons. The molecule has 0 radical (unpaired) electrons. The maximum absolute atomic E-state index is 12.0. The minimum absolute atomic E-state index is 0.0778. The number of hydrogen-bond acceptors (Lipinski definition) is 4. The molecular formula is C9H13N3O3S. The van der Waals surface area contributed by atoms with Crippen LogP contribution in [0.15, 0.2) is 17.6 Å². The molecule has 1 aliphatic rings. The average Bonchev–Trinajstić information content (AvgIpc) is 2.75. The van der Waals surface area contributed by atoms with Gasteiger partial charge in [-0.2, -0.15) is 4.31 Å². The number of Topliss-reactive ketones (excluding diaryl/α,β-unsaturated/α-hetero) is 1. The first-order valence-corrected chi connectivity index (χ1v) is 6.47. The van der Waals surface area contributed by atoms with Crippen molar-refractivity contribution < 1.29 is 13.2 Å². The molecule has 1 aliphatic heterocycles. The third kappa shape index (κ3) is 1.88. The van der Waals surface area contributed by atoms with Gasteiger partial charge >= 0.3 is 0 Å². The molecule has 0 aromatic carbocycles. The van der Waals surface area contributed by atoms with Crippen LogP contribution in [0.5, 0.6) is 0 Å². The predicted octanol–water partition coefficient (Wildman–Crippen LogP) is 0.00930. The van der Waals surface area contributed by atoms with Crippen molar-refractivity contribution in [1.29, 1.82) is 0 Å². The highest BCUT2D eigenvalue weighted by Crippen LogP contribution is 2.19. The summed E-state index contributed by atoms with van der Waals surface area (Å²) in [5, 5.41) is 0.0778. The number of nitrogens with one attached hydrogen (secondary N) is 1. The van der Waals surface area contributed by atoms with Crippen molar-refractivity contribution in [2.45, 2.75) is 18.4 Å². The fraction of sp³-hybridized carbons (Fsp3) is 0.556. The van der Waals surface area contributed by atoms with Crippen molar-refractivity contribution in [2.24, 2.45) is 5.92 Å². The monoisotopic (exact) mass is 243 g/mol. The van der Waals surface area contributed by atoms with E-state index in [4.69, 9.17) is 0 Å². The van der Waals surface area contributed by atoms with E-state index in [1.807, 2.05) is 0 Å². The molecule has 16 heavy (non-hydrogen) atoms. The van der Waals surface area contributed by atoms with Crippen LogP contribution in [0, 0.1) is 5.92 Å². The Labute approximate surface area is 93.7 Å². The Kier molecular flexibility index (Phi) is 2.81. The number of ketones is 1. The molecule has 1 unspecified atom stereocenters. The van der Waals surface area contributed by atoms with Crippen LogP contribution in [0.4, 0.5) is 0 Å². The van der Waals surface area contributed by atoms with Gasteiger partial charge in [0.15, 0.2) is 5.03 Å². The molecule has 2 heterocycles. The van der Waals surface area contributed by atoms with Gasteiger partial charge in [0, 0.05) is 25.4 Å². The van der Waals surface area contributed by atoms with Gasteiger partial charge in [-0.25, -0.2) is 13.4 Å². The summed E-state index contributed by atoms with van der Waals surface area (Å²) in [5.41, 5.74) is 0. The topological polar surface area (TPSA) is 83.1 Å². The number of carbonyl (C=O) groups excluding carboxylic acids is 1. The maximum atomic E-state index is 12.0. The Hall–Kier alpha value is -1.21. The van der Waals surface area contributed by atoms with Crippen molar-refractivity contribution in [2.75, 3.05) is 13.1 Å². The van der Waals surface area contributed by atoms with E-state index in [0.29, 0.717) is 0 Å². The largest absolute Gasteiger partial charge is 0.335 e. The zero-order valence-electron chi connectivity index (χ0n) is 8.88. The molecule has 1 aromatic heterocycles. The minimum Gasteiger partial charge on any atom is -0.335 e. The second kappa shape index (κ2) is 3.99. The van der Waals surface area contributed by atoms with Crippen molar-refractivity contribution in [3.05, 3.63) is 12.5 Å². The van der Waals surface area contributed by atoms with Gasteiger partial charge in [-0.05, 0) is 0 Å². The maximum Gasteiger partial charge on any atom is 0.260 e. The quantitative estimate of drug-likeness (QED) is 0.793. The Bertz CT molecular complexity index is 480. The first kappa shape index (κ1) is 11.3. The predicted molar refractivity (Wildman–Crippen MR) is 56.1 cm³/mol. The molecule has 1 atom stereocenters. The summed E-state index contributed by atoms with van der Waals surface area (Å²) in [5.74, 6) is -0.109. The number of carbonyl (C=O) groups is 1. The summed E-state index contributed by atoms with van der Waals surface area (Å²) in [7, 11) is -3.51. The molecule has 6 nitrogen and oxygen atoms in total. The van der Waals surface area contributed by atoms with E-state index in [2.05, 4.69) is 9.97 Å². The van der Waals surface area contributed by atoms with E-state index >= 15 is 0 Å². The fourth-order valence-electron chi connectivity index (χ4n) is 1.72. The van der Waals surface area contributed by atoms with Crippen molar-refractivity contribution in [3.8, 4) is 0 Å². The van der Waals surface area contributed by atoms with Gasteiger partial charge in [-0.15, -0.1) is 0 Å². The summed E-state index contributed by atoms with van der Waals surface area (Å²) in [6.07, 6.45) is 2.89. The van der Waals surface area contributed by atoms with Gasteiger partial charge in [-0.3, -0.25) is 4.79 Å². The molecule has 1 saturated heterocycles. The number of imidazole rings is 1. The van der Waals surface area contributed by atoms with Crippen molar-refractivity contribution >= 4 is 15.8 Å². The third-order valence-corrected chi connectivity index (χ3v) is 4.52. The van der Waals surface area contributed by atoms with Crippen molar-refractivity contribution in [3.63, 3.8) is 0 Å². The lowest BCUT2D eigenvalue weighted by molar-refractivity contribution is -0.124. The van der Waals surface area contributed by atoms with Crippen molar-refractivity contribution in [1.82, 2.24) is 14.3 Å². The van der Waals surface area contributed by atoms with Crippen LogP contribution >= 0.6 is 0 Å². The average molecular weight is 243 g/mol. The number of sulfonamides is 1. The van der Waals surface area contributed by atoms with E-state index in [1.54, 1.807) is 6.92 Å². The van der Waals surface area contributed by atoms with Crippen LogP contribution < -0.4 is 0 Å². The summed E-state index contributed by atoms with van der Waals surface area (Å²) >= 11 is 0. The number of nitrogens with zero attached hydrogens (tertiary/aromatic N) is 2. The molecule has 0 bridgehead atoms. The zero-order valence-corrected chi connectivity index (χ0v) is 9.70. The van der Waals surface area contributed by atoms with E-state index < -0.39 is 10.0 Å². The first-order valence-electron chi connectivity index (χ1n) is 5.03. The lowest BCUT2D eigenvalue weighted by Crippen LogP contribution is -2.43. The zero-order chi connectivity index (χ0) is 11.8. The molecule has 0 amide bonds. The lowest BCUT2D eigenvalue weighted by atomic mass is 10.0. The molecule has 1 N–H and O–H groups in total. The van der Waals surface area contributed by atoms with Gasteiger partial charge in [0.1, 0.15) is 5.78 Å². The molecule has 2 rings (SSSR count). The van der Waals surface area contributed by atoms with Crippen LogP contribution in [-0.4, -0.2) is 41.6 Å². The number of rotatable bonds is 2. The van der Waals surface area contributed by atoms with Gasteiger partial charge in [0.05, 0.1) is 12.5 Å². The Morgan fingerprint density at radius 3 is 2.88 bits per heavy atom. The number of piperidine rings is 1. The first-order chi connectivity index (χ1) is 7.51. The highest BCUT2D eigenvalue weighted by atomic mass is 32.2. The van der Waals surface area contributed by atoms with Gasteiger partial charge in [-0.1, -0.05) is 6.92 Å². The molecule has 0 spiro atoms. The van der Waals surface area contributed by atoms with Gasteiger partial charge in [0.25, 0.3) is 10.0 Å². The van der Waals surface area contributed by atoms with Gasteiger partial charge < -0.3 is 4.98 Å². The number of hydrogen-bond donors (Lipinski definition) is 1. The smallest absolute Gasteiger partial charge is 0.260 e. The third-order valence-electron chi connectivity index (χ3n) is 2.73. The summed E-state index contributed by atoms with van der Waals surface area (Å²) < 4.78 is 25.4. The van der Waals surface area contributed by atoms with E-state index in [-0.39, 0.29) is 36.2 Å². The lowest BCUT2D eigenvalue weighted by Gasteiger charge is -2.28. The van der Waals surface area contributed by atoms with Crippen LogP contribution in [0.25, 0.3) is 0 Å². The fourth-order valence-corrected chi connectivity index (χ4v) is 3.15. The minimum atomic E-state index is -3.51. The Morgan fingerprint density at radius 1 is 1.56 bits per heavy atom. The molecule has 0 aliphatic carbocycles. The summed E-state index contributed by atoms with van der Waals surface area (Å²) in [4.78, 5) is 17.6. The number of H-pyrrole nitrogens is 1. The molecule has 7 heteroatoms. The van der Waals surface area contributed by atoms with Crippen LogP contribution in [-0.2, 0) is 14.8 Å². The van der Waals surface area contributed by atoms with E-state index in [0.717, 1.165) is 0 Å². The second-order valence-corrected chi connectivity index (χ2v) is 5.80. The molecule has 0 saturated carbocycles. The second-order valence-electron chi connectivity index (χ2n) is 3.90. The molecule has 1 fully saturated rings. The van der Waals surface area contributed by atoms with Gasteiger partial charge in [0.2, 0.25) is 0 Å². The molecule has 1 aromatic rings. The normalized spacial score (nSPS) is 23.6. The standard InChI is InChI=1S/C9H13N3O3S/c1-7-5-12(3-2-8(7)13)16(14,15)9-4-10-6-11-9/h4,6-7H,2-3,5H2,1H3,(H,10,11). The number of aromatic nitrogens is 2.